The number of thiophene rings is 1. The molecule has 0 saturated carbocycles. The number of thiazole rings is 1. The lowest BCUT2D eigenvalue weighted by molar-refractivity contribution is 0.0827. The highest BCUT2D eigenvalue weighted by atomic mass is 35.5. The number of carbonyl (C=O) groups is 2. The fraction of sp³-hybridized carbons (Fsp3) is 0.167. The number of aryl methyl sites for hydroxylation is 1. The molecule has 2 aromatic heterocycles. The molecule has 140 valence electrons. The number of halogens is 2. The van der Waals surface area contributed by atoms with E-state index in [1.165, 1.54) is 27.6 Å². The minimum Gasteiger partial charge on any atom is -0.345 e. The Hall–Kier alpha value is -1.93. The van der Waals surface area contributed by atoms with Crippen LogP contribution < -0.4 is 5.32 Å². The second-order valence-electron chi connectivity index (χ2n) is 5.89. The third kappa shape index (κ3) is 4.32. The summed E-state index contributed by atoms with van der Waals surface area (Å²) >= 11 is 14.9. The van der Waals surface area contributed by atoms with Gasteiger partial charge in [-0.15, -0.1) is 22.7 Å². The van der Waals surface area contributed by atoms with Crippen molar-refractivity contribution in [2.75, 3.05) is 19.4 Å². The minimum absolute atomic E-state index is 0.173. The first-order valence-corrected chi connectivity index (χ1v) is 10.2. The maximum Gasteiger partial charge on any atom is 0.267 e. The second kappa shape index (κ2) is 7.98. The smallest absolute Gasteiger partial charge is 0.267 e. The summed E-state index contributed by atoms with van der Waals surface area (Å²) in [5, 5.41) is 3.86. The van der Waals surface area contributed by atoms with Crippen LogP contribution in [-0.4, -0.2) is 35.8 Å². The summed E-state index contributed by atoms with van der Waals surface area (Å²) < 4.78 is 0.665. The van der Waals surface area contributed by atoms with Gasteiger partial charge in [-0.1, -0.05) is 23.2 Å². The molecule has 0 aliphatic heterocycles. The Labute approximate surface area is 174 Å². The Morgan fingerprint density at radius 3 is 2.48 bits per heavy atom. The van der Waals surface area contributed by atoms with Crippen LogP contribution in [-0.2, 0) is 0 Å². The van der Waals surface area contributed by atoms with E-state index in [9.17, 15) is 9.59 Å². The first-order valence-electron chi connectivity index (χ1n) is 7.82. The van der Waals surface area contributed by atoms with Gasteiger partial charge in [-0.2, -0.15) is 0 Å². The van der Waals surface area contributed by atoms with Gasteiger partial charge in [0.05, 0.1) is 25.6 Å². The summed E-state index contributed by atoms with van der Waals surface area (Å²) in [6.07, 6.45) is 0. The second-order valence-corrected chi connectivity index (χ2v) is 9.01. The van der Waals surface area contributed by atoms with Gasteiger partial charge in [0.15, 0.2) is 0 Å². The highest BCUT2D eigenvalue weighted by molar-refractivity contribution is 7.24. The first-order chi connectivity index (χ1) is 12.8. The van der Waals surface area contributed by atoms with Crippen LogP contribution in [0.5, 0.6) is 0 Å². The Balaban J connectivity index is 1.87. The topological polar surface area (TPSA) is 62.3 Å². The molecule has 2 amide bonds. The highest BCUT2D eigenvalue weighted by Gasteiger charge is 2.19. The SMILES string of the molecule is Cc1nc(-c2ccc(Cl)s2)sc1C(=O)Nc1cc(C(=O)N(C)C)ccc1Cl. The van der Waals surface area contributed by atoms with Crippen LogP contribution in [0.15, 0.2) is 30.3 Å². The molecule has 0 radical (unpaired) electrons. The molecule has 3 aromatic rings. The average Bonchev–Trinajstić information content (AvgIpc) is 3.21. The van der Waals surface area contributed by atoms with E-state index in [4.69, 9.17) is 23.2 Å². The Kier molecular flexibility index (Phi) is 5.86. The summed E-state index contributed by atoms with van der Waals surface area (Å²) in [5.74, 6) is -0.497. The number of aromatic nitrogens is 1. The van der Waals surface area contributed by atoms with E-state index in [0.29, 0.717) is 31.2 Å². The molecule has 0 aliphatic carbocycles. The van der Waals surface area contributed by atoms with Crippen LogP contribution >= 0.6 is 45.9 Å². The van der Waals surface area contributed by atoms with Gasteiger partial charge in [-0.05, 0) is 37.3 Å². The van der Waals surface area contributed by atoms with Crippen molar-refractivity contribution in [3.8, 4) is 9.88 Å². The molecule has 1 N–H and O–H groups in total. The standard InChI is InChI=1S/C18H15Cl2N3O2S2/c1-9-15(27-17(21-9)13-6-7-14(20)26-13)16(24)22-12-8-10(4-5-11(12)19)18(25)23(2)3/h4-8H,1-3H3,(H,22,24). The van der Waals surface area contributed by atoms with Crippen LogP contribution in [0, 0.1) is 6.92 Å². The first kappa shape index (κ1) is 19.8. The molecule has 5 nitrogen and oxygen atoms in total. The quantitative estimate of drug-likeness (QED) is 0.588. The number of nitrogens with one attached hydrogen (secondary N) is 1. The van der Waals surface area contributed by atoms with Crippen molar-refractivity contribution in [1.82, 2.24) is 9.88 Å². The number of rotatable bonds is 4. The normalized spacial score (nSPS) is 10.7. The highest BCUT2D eigenvalue weighted by Crippen LogP contribution is 2.35. The zero-order valence-electron chi connectivity index (χ0n) is 14.7. The molecule has 3 rings (SSSR count). The molecule has 2 heterocycles. The van der Waals surface area contributed by atoms with Gasteiger partial charge in [-0.25, -0.2) is 4.98 Å². The summed E-state index contributed by atoms with van der Waals surface area (Å²) in [4.78, 5) is 32.2. The van der Waals surface area contributed by atoms with Gasteiger partial charge >= 0.3 is 0 Å². The number of benzene rings is 1. The molecule has 0 atom stereocenters. The molecule has 0 fully saturated rings. The number of carbonyl (C=O) groups excluding carboxylic acids is 2. The average molecular weight is 440 g/mol. The maximum absolute atomic E-state index is 12.7. The third-order valence-electron chi connectivity index (χ3n) is 3.65. The summed E-state index contributed by atoms with van der Waals surface area (Å²) in [6, 6.07) is 8.45. The molecule has 1 aromatic carbocycles. The van der Waals surface area contributed by atoms with E-state index >= 15 is 0 Å². The minimum atomic E-state index is -0.324. The third-order valence-corrected chi connectivity index (χ3v) is 6.54. The fourth-order valence-corrected chi connectivity index (χ4v) is 4.56. The zero-order valence-corrected chi connectivity index (χ0v) is 17.8. The van der Waals surface area contributed by atoms with Crippen molar-refractivity contribution < 1.29 is 9.59 Å². The van der Waals surface area contributed by atoms with Gasteiger partial charge in [0, 0.05) is 19.7 Å². The number of anilines is 1. The molecule has 0 aliphatic rings. The van der Waals surface area contributed by atoms with Gasteiger partial charge in [-0.3, -0.25) is 9.59 Å². The van der Waals surface area contributed by atoms with Crippen molar-refractivity contribution >= 4 is 63.4 Å². The van der Waals surface area contributed by atoms with Gasteiger partial charge in [0.1, 0.15) is 9.88 Å². The van der Waals surface area contributed by atoms with E-state index in [-0.39, 0.29) is 11.8 Å². The maximum atomic E-state index is 12.7. The zero-order chi connectivity index (χ0) is 19.7. The Morgan fingerprint density at radius 2 is 1.85 bits per heavy atom. The van der Waals surface area contributed by atoms with Crippen LogP contribution in [0.4, 0.5) is 5.69 Å². The van der Waals surface area contributed by atoms with E-state index in [0.717, 1.165) is 9.88 Å². The van der Waals surface area contributed by atoms with E-state index in [2.05, 4.69) is 10.3 Å². The van der Waals surface area contributed by atoms with Crippen molar-refractivity contribution in [2.45, 2.75) is 6.92 Å². The van der Waals surface area contributed by atoms with Crippen molar-refractivity contribution in [3.63, 3.8) is 0 Å². The largest absolute Gasteiger partial charge is 0.345 e. The van der Waals surface area contributed by atoms with E-state index in [1.54, 1.807) is 45.3 Å². The van der Waals surface area contributed by atoms with Gasteiger partial charge in [0.2, 0.25) is 0 Å². The van der Waals surface area contributed by atoms with E-state index < -0.39 is 0 Å². The number of nitrogens with zero attached hydrogens (tertiary/aromatic N) is 2. The lowest BCUT2D eigenvalue weighted by Crippen LogP contribution is -2.22. The lowest BCUT2D eigenvalue weighted by atomic mass is 10.1. The monoisotopic (exact) mass is 439 g/mol. The molecule has 0 unspecified atom stereocenters. The van der Waals surface area contributed by atoms with Crippen LogP contribution in [0.25, 0.3) is 9.88 Å². The predicted molar refractivity (Wildman–Crippen MR) is 113 cm³/mol. The molecule has 0 saturated heterocycles. The van der Waals surface area contributed by atoms with Crippen molar-refractivity contribution in [3.05, 3.63) is 55.8 Å². The van der Waals surface area contributed by atoms with E-state index in [1.807, 2.05) is 6.07 Å². The fourth-order valence-electron chi connectivity index (χ4n) is 2.33. The van der Waals surface area contributed by atoms with Crippen LogP contribution in [0.1, 0.15) is 25.7 Å². The molecule has 0 spiro atoms. The van der Waals surface area contributed by atoms with Gasteiger partial charge in [0.25, 0.3) is 11.8 Å². The van der Waals surface area contributed by atoms with Gasteiger partial charge < -0.3 is 10.2 Å². The Bertz CT molecular complexity index is 1030. The number of hydrogen-bond donors (Lipinski definition) is 1. The number of amides is 2. The lowest BCUT2D eigenvalue weighted by Gasteiger charge is -2.12. The molecular formula is C18H15Cl2N3O2S2. The molecule has 0 bridgehead atoms. The van der Waals surface area contributed by atoms with Crippen molar-refractivity contribution in [1.29, 1.82) is 0 Å². The Morgan fingerprint density at radius 1 is 1.11 bits per heavy atom. The molecule has 9 heteroatoms. The summed E-state index contributed by atoms with van der Waals surface area (Å²) in [6.45, 7) is 1.78. The molecular weight excluding hydrogens is 425 g/mol. The summed E-state index contributed by atoms with van der Waals surface area (Å²) in [7, 11) is 3.32. The number of hydrogen-bond acceptors (Lipinski definition) is 5. The van der Waals surface area contributed by atoms with Crippen LogP contribution in [0.3, 0.4) is 0 Å². The molecule has 27 heavy (non-hydrogen) atoms. The summed E-state index contributed by atoms with van der Waals surface area (Å²) in [5.41, 5.74) is 1.44. The van der Waals surface area contributed by atoms with Crippen LogP contribution in [0.2, 0.25) is 9.36 Å². The van der Waals surface area contributed by atoms with Crippen molar-refractivity contribution in [2.24, 2.45) is 0 Å². The predicted octanol–water partition coefficient (Wildman–Crippen LogP) is 5.44.